The Kier molecular flexibility index (Phi) is 6.16. The molecule has 0 amide bonds. The minimum Gasteiger partial charge on any atom is -0.434 e. The molecule has 0 saturated carbocycles. The summed E-state index contributed by atoms with van der Waals surface area (Å²) in [4.78, 5) is 4.03. The Balaban J connectivity index is 1.96. The highest BCUT2D eigenvalue weighted by Crippen LogP contribution is 2.24. The summed E-state index contributed by atoms with van der Waals surface area (Å²) in [5.41, 5.74) is 1.19. The maximum atomic E-state index is 12.4. The largest absolute Gasteiger partial charge is 0.434 e. The van der Waals surface area contributed by atoms with Crippen LogP contribution in [-0.2, 0) is 13.1 Å². The zero-order valence-electron chi connectivity index (χ0n) is 12.2. The fourth-order valence-corrected chi connectivity index (χ4v) is 1.99. The van der Waals surface area contributed by atoms with Crippen LogP contribution in [0.25, 0.3) is 0 Å². The molecule has 0 aliphatic heterocycles. The summed E-state index contributed by atoms with van der Waals surface area (Å²) in [6.45, 7) is -2.28. The van der Waals surface area contributed by atoms with Crippen LogP contribution >= 0.6 is 11.6 Å². The zero-order chi connectivity index (χ0) is 16.7. The number of aromatic nitrogens is 1. The highest BCUT2D eigenvalue weighted by molar-refractivity contribution is 6.30. The first-order valence-corrected chi connectivity index (χ1v) is 7.03. The van der Waals surface area contributed by atoms with Crippen LogP contribution in [-0.4, -0.2) is 24.8 Å². The standard InChI is InChI=1S/C14H15ClF2N4O2/c1-18-14(20-8-11-4-5-22-21-11)19-7-9-6-10(15)2-3-12(9)23-13(16)17/h2-6,13H,7-8H2,1H3,(H2,18,19,20). The molecule has 0 spiro atoms. The summed E-state index contributed by atoms with van der Waals surface area (Å²) in [6, 6.07) is 6.15. The molecule has 0 unspecified atom stereocenters. The number of hydrogen-bond acceptors (Lipinski definition) is 4. The third kappa shape index (κ3) is 5.41. The SMILES string of the molecule is CN=C(NCc1ccon1)NCc1cc(Cl)ccc1OC(F)F. The average molecular weight is 345 g/mol. The lowest BCUT2D eigenvalue weighted by molar-refractivity contribution is -0.0504. The van der Waals surface area contributed by atoms with Gasteiger partial charge in [-0.15, -0.1) is 0 Å². The number of ether oxygens (including phenoxy) is 1. The molecule has 0 atom stereocenters. The van der Waals surface area contributed by atoms with E-state index in [9.17, 15) is 8.78 Å². The van der Waals surface area contributed by atoms with Crippen molar-refractivity contribution in [3.63, 3.8) is 0 Å². The Labute approximate surface area is 136 Å². The molecule has 0 aliphatic rings. The molecule has 2 rings (SSSR count). The number of nitrogens with zero attached hydrogens (tertiary/aromatic N) is 2. The van der Waals surface area contributed by atoms with Crippen LogP contribution in [0.2, 0.25) is 5.02 Å². The van der Waals surface area contributed by atoms with Gasteiger partial charge < -0.3 is 19.9 Å². The molecule has 6 nitrogen and oxygen atoms in total. The first-order valence-electron chi connectivity index (χ1n) is 6.65. The first-order chi connectivity index (χ1) is 11.1. The molecule has 0 fully saturated rings. The van der Waals surface area contributed by atoms with Crippen molar-refractivity contribution in [2.24, 2.45) is 4.99 Å². The van der Waals surface area contributed by atoms with E-state index in [1.807, 2.05) is 0 Å². The zero-order valence-corrected chi connectivity index (χ0v) is 13.0. The van der Waals surface area contributed by atoms with Crippen molar-refractivity contribution in [2.75, 3.05) is 7.05 Å². The average Bonchev–Trinajstić information content (AvgIpc) is 3.03. The normalized spacial score (nSPS) is 11.6. The van der Waals surface area contributed by atoms with Crippen molar-refractivity contribution in [1.82, 2.24) is 15.8 Å². The van der Waals surface area contributed by atoms with Gasteiger partial charge in [0.15, 0.2) is 5.96 Å². The molecule has 0 radical (unpaired) electrons. The van der Waals surface area contributed by atoms with Crippen LogP contribution in [0, 0.1) is 0 Å². The maximum Gasteiger partial charge on any atom is 0.387 e. The van der Waals surface area contributed by atoms with Gasteiger partial charge in [0.05, 0.1) is 6.54 Å². The van der Waals surface area contributed by atoms with Crippen LogP contribution in [0.5, 0.6) is 5.75 Å². The molecule has 0 saturated heterocycles. The van der Waals surface area contributed by atoms with E-state index in [1.165, 1.54) is 18.4 Å². The summed E-state index contributed by atoms with van der Waals surface area (Å²) < 4.78 is 34.0. The smallest absolute Gasteiger partial charge is 0.387 e. The molecule has 9 heteroatoms. The van der Waals surface area contributed by atoms with Gasteiger partial charge in [-0.2, -0.15) is 8.78 Å². The van der Waals surface area contributed by atoms with Crippen molar-refractivity contribution in [3.05, 3.63) is 46.8 Å². The van der Waals surface area contributed by atoms with Crippen LogP contribution in [0.1, 0.15) is 11.3 Å². The number of aliphatic imine (C=N–C) groups is 1. The van der Waals surface area contributed by atoms with E-state index in [0.717, 1.165) is 0 Å². The van der Waals surface area contributed by atoms with Gasteiger partial charge in [-0.3, -0.25) is 4.99 Å². The third-order valence-electron chi connectivity index (χ3n) is 2.84. The Morgan fingerprint density at radius 1 is 1.35 bits per heavy atom. The molecular formula is C14H15ClF2N4O2. The van der Waals surface area contributed by atoms with Crippen molar-refractivity contribution in [1.29, 1.82) is 0 Å². The van der Waals surface area contributed by atoms with Gasteiger partial charge in [0.2, 0.25) is 0 Å². The third-order valence-corrected chi connectivity index (χ3v) is 3.07. The van der Waals surface area contributed by atoms with Gasteiger partial charge in [-0.05, 0) is 18.2 Å². The van der Waals surface area contributed by atoms with Crippen molar-refractivity contribution >= 4 is 17.6 Å². The van der Waals surface area contributed by atoms with Gasteiger partial charge in [0.25, 0.3) is 0 Å². The van der Waals surface area contributed by atoms with Crippen LogP contribution in [0.3, 0.4) is 0 Å². The molecule has 23 heavy (non-hydrogen) atoms. The fraction of sp³-hybridized carbons (Fsp3) is 0.286. The van der Waals surface area contributed by atoms with Crippen molar-refractivity contribution < 1.29 is 18.0 Å². The quantitative estimate of drug-likeness (QED) is 0.623. The highest BCUT2D eigenvalue weighted by Gasteiger charge is 2.11. The van der Waals surface area contributed by atoms with Crippen LogP contribution in [0.4, 0.5) is 8.78 Å². The number of hydrogen-bond donors (Lipinski definition) is 2. The second-order valence-electron chi connectivity index (χ2n) is 4.40. The van der Waals surface area contributed by atoms with Crippen LogP contribution in [0.15, 0.2) is 40.0 Å². The van der Waals surface area contributed by atoms with Gasteiger partial charge in [0, 0.05) is 30.2 Å². The molecule has 1 heterocycles. The Morgan fingerprint density at radius 2 is 2.13 bits per heavy atom. The van der Waals surface area contributed by atoms with Gasteiger partial charge in [-0.1, -0.05) is 16.8 Å². The molecule has 2 aromatic rings. The predicted molar refractivity (Wildman–Crippen MR) is 81.6 cm³/mol. The second kappa shape index (κ2) is 8.33. The van der Waals surface area contributed by atoms with Gasteiger partial charge in [0.1, 0.15) is 17.7 Å². The molecule has 1 aromatic carbocycles. The molecule has 2 N–H and O–H groups in total. The van der Waals surface area contributed by atoms with Gasteiger partial charge in [-0.25, -0.2) is 0 Å². The number of halogens is 3. The summed E-state index contributed by atoms with van der Waals surface area (Å²) in [7, 11) is 1.59. The number of nitrogens with one attached hydrogen (secondary N) is 2. The van der Waals surface area contributed by atoms with Crippen molar-refractivity contribution in [2.45, 2.75) is 19.7 Å². The number of benzene rings is 1. The fourth-order valence-electron chi connectivity index (χ4n) is 1.80. The number of alkyl halides is 2. The Bertz CT molecular complexity index is 650. The monoisotopic (exact) mass is 344 g/mol. The first kappa shape index (κ1) is 17.0. The molecule has 1 aromatic heterocycles. The summed E-state index contributed by atoms with van der Waals surface area (Å²) in [6.07, 6.45) is 1.47. The number of guanidine groups is 1. The molecule has 0 aliphatic carbocycles. The minimum atomic E-state index is -2.90. The highest BCUT2D eigenvalue weighted by atomic mass is 35.5. The molecular weight excluding hydrogens is 330 g/mol. The number of rotatable bonds is 6. The van der Waals surface area contributed by atoms with E-state index >= 15 is 0 Å². The van der Waals surface area contributed by atoms with E-state index in [0.29, 0.717) is 28.8 Å². The summed E-state index contributed by atoms with van der Waals surface area (Å²) in [5, 5.41) is 10.2. The summed E-state index contributed by atoms with van der Waals surface area (Å²) in [5.74, 6) is 0.528. The lowest BCUT2D eigenvalue weighted by atomic mass is 10.2. The lowest BCUT2D eigenvalue weighted by Gasteiger charge is -2.14. The topological polar surface area (TPSA) is 71.7 Å². The second-order valence-corrected chi connectivity index (χ2v) is 4.84. The minimum absolute atomic E-state index is 0.0591. The summed E-state index contributed by atoms with van der Waals surface area (Å²) >= 11 is 5.90. The Hall–Kier alpha value is -2.35. The van der Waals surface area contributed by atoms with Gasteiger partial charge >= 0.3 is 6.61 Å². The van der Waals surface area contributed by atoms with E-state index in [-0.39, 0.29) is 12.3 Å². The van der Waals surface area contributed by atoms with Crippen LogP contribution < -0.4 is 15.4 Å². The van der Waals surface area contributed by atoms with E-state index < -0.39 is 6.61 Å². The lowest BCUT2D eigenvalue weighted by Crippen LogP contribution is -2.36. The Morgan fingerprint density at radius 3 is 2.78 bits per heavy atom. The van der Waals surface area contributed by atoms with Crippen molar-refractivity contribution in [3.8, 4) is 5.75 Å². The van der Waals surface area contributed by atoms with E-state index in [1.54, 1.807) is 19.2 Å². The molecule has 124 valence electrons. The van der Waals surface area contributed by atoms with E-state index in [2.05, 4.69) is 25.5 Å². The van der Waals surface area contributed by atoms with E-state index in [4.69, 9.17) is 16.1 Å². The molecule has 0 bridgehead atoms. The predicted octanol–water partition coefficient (Wildman–Crippen LogP) is 2.79. The maximum absolute atomic E-state index is 12.4.